The Kier molecular flexibility index (Phi) is 7.66. The van der Waals surface area contributed by atoms with Gasteiger partial charge in [0.2, 0.25) is 0 Å². The van der Waals surface area contributed by atoms with Gasteiger partial charge >= 0.3 is 0 Å². The third-order valence-corrected chi connectivity index (χ3v) is 5.22. The van der Waals surface area contributed by atoms with Crippen LogP contribution in [-0.4, -0.2) is 65.8 Å². The largest absolute Gasteiger partial charge is 0.351 e. The molecule has 0 radical (unpaired) electrons. The number of nitrogens with zero attached hydrogens (tertiary/aromatic N) is 3. The van der Waals surface area contributed by atoms with Gasteiger partial charge in [-0.05, 0) is 37.4 Å². The summed E-state index contributed by atoms with van der Waals surface area (Å²) < 4.78 is 26.6. The molecule has 4 rings (SSSR count). The fourth-order valence-electron chi connectivity index (χ4n) is 3.34. The zero-order valence-electron chi connectivity index (χ0n) is 17.9. The Bertz CT molecular complexity index is 1070. The number of fused-ring (bicyclic) bond motifs is 1. The smallest absolute Gasteiger partial charge is 0.251 e. The van der Waals surface area contributed by atoms with E-state index in [1.54, 1.807) is 18.2 Å². The number of aldehydes is 1. The lowest BCUT2D eigenvalue weighted by atomic mass is 10.1. The first-order chi connectivity index (χ1) is 15.3. The summed E-state index contributed by atoms with van der Waals surface area (Å²) in [4.78, 5) is 29.1. The summed E-state index contributed by atoms with van der Waals surface area (Å²) in [6.07, 6.45) is 4.23. The van der Waals surface area contributed by atoms with Crippen molar-refractivity contribution in [1.29, 1.82) is 0 Å². The fraction of sp³-hybridized carbons (Fsp3) is 0.348. The van der Waals surface area contributed by atoms with Gasteiger partial charge in [-0.3, -0.25) is 9.59 Å². The summed E-state index contributed by atoms with van der Waals surface area (Å²) in [5, 5.41) is 3.61. The van der Waals surface area contributed by atoms with Crippen LogP contribution in [0, 0.1) is 0 Å². The number of nitrogens with two attached hydrogens (primary N) is 1. The van der Waals surface area contributed by atoms with Gasteiger partial charge in [0.15, 0.2) is 6.29 Å². The molecule has 2 aromatic heterocycles. The van der Waals surface area contributed by atoms with Crippen LogP contribution in [0.3, 0.4) is 0 Å². The van der Waals surface area contributed by atoms with Crippen LogP contribution in [-0.2, 0) is 0 Å². The topological polar surface area (TPSA) is 93.2 Å². The van der Waals surface area contributed by atoms with Gasteiger partial charge in [0.1, 0.15) is 5.65 Å². The molecular weight excluding hydrogens is 416 g/mol. The molecule has 1 saturated heterocycles. The molecule has 3 N–H and O–H groups in total. The summed E-state index contributed by atoms with van der Waals surface area (Å²) in [7, 11) is 1.87. The van der Waals surface area contributed by atoms with E-state index >= 15 is 0 Å². The Balaban J connectivity index is 0.000000269. The van der Waals surface area contributed by atoms with Crippen molar-refractivity contribution in [3.63, 3.8) is 0 Å². The van der Waals surface area contributed by atoms with Crippen molar-refractivity contribution in [2.75, 3.05) is 33.2 Å². The molecule has 1 aliphatic heterocycles. The number of pyridine rings is 1. The van der Waals surface area contributed by atoms with Crippen LogP contribution < -0.4 is 11.1 Å². The van der Waals surface area contributed by atoms with E-state index in [1.807, 2.05) is 40.9 Å². The summed E-state index contributed by atoms with van der Waals surface area (Å²) in [6.45, 7) is 1.90. The molecular formula is C23H27F2N5O2. The molecule has 0 unspecified atom stereocenters. The maximum absolute atomic E-state index is 12.4. The molecule has 9 heteroatoms. The summed E-state index contributed by atoms with van der Waals surface area (Å²) >= 11 is 0. The van der Waals surface area contributed by atoms with Gasteiger partial charge in [-0.1, -0.05) is 6.07 Å². The van der Waals surface area contributed by atoms with E-state index in [-0.39, 0.29) is 18.7 Å². The number of aromatic nitrogens is 2. The lowest BCUT2D eigenvalue weighted by Gasteiger charge is -2.28. The predicted octanol–water partition coefficient (Wildman–Crippen LogP) is 2.87. The standard InChI is InChI=1S/C17H16N4O2.C6H11F2N/c18-5-6-19-17(23)14-2-1-3-15(9-14)21-7-4-13-8-12(11-22)10-20-16(13)21;1-9-4-2-6(7,8)3-5-9/h1-4,7-11H,5-6,18H2,(H,19,23);2-5H2,1H3. The van der Waals surface area contributed by atoms with Gasteiger partial charge in [0.25, 0.3) is 11.8 Å². The highest BCUT2D eigenvalue weighted by Gasteiger charge is 2.32. The minimum Gasteiger partial charge on any atom is -0.351 e. The SMILES string of the molecule is CN1CCC(F)(F)CC1.NCCNC(=O)c1cccc(-n2ccc3cc(C=O)cnc32)c1. The molecule has 1 aliphatic rings. The number of halogens is 2. The summed E-state index contributed by atoms with van der Waals surface area (Å²) in [5.41, 5.74) is 8.04. The number of alkyl halides is 2. The first kappa shape index (κ1) is 23.5. The Morgan fingerprint density at radius 1 is 1.25 bits per heavy atom. The molecule has 170 valence electrons. The third kappa shape index (κ3) is 5.95. The molecule has 0 saturated carbocycles. The maximum Gasteiger partial charge on any atom is 0.251 e. The minimum atomic E-state index is -2.38. The van der Waals surface area contributed by atoms with Crippen molar-refractivity contribution >= 4 is 23.2 Å². The summed E-state index contributed by atoms with van der Waals surface area (Å²) in [5.74, 6) is -2.54. The molecule has 1 amide bonds. The van der Waals surface area contributed by atoms with E-state index in [4.69, 9.17) is 5.73 Å². The van der Waals surface area contributed by atoms with Crippen LogP contribution in [0.2, 0.25) is 0 Å². The third-order valence-electron chi connectivity index (χ3n) is 5.22. The molecule has 3 heterocycles. The van der Waals surface area contributed by atoms with Crippen LogP contribution in [0.25, 0.3) is 16.7 Å². The normalized spacial score (nSPS) is 15.6. The quantitative estimate of drug-likeness (QED) is 0.592. The van der Waals surface area contributed by atoms with Crippen LogP contribution in [0.1, 0.15) is 33.6 Å². The van der Waals surface area contributed by atoms with Crippen molar-refractivity contribution in [2.45, 2.75) is 18.8 Å². The first-order valence-corrected chi connectivity index (χ1v) is 10.4. The Morgan fingerprint density at radius 3 is 2.66 bits per heavy atom. The monoisotopic (exact) mass is 443 g/mol. The number of nitrogens with one attached hydrogen (secondary N) is 1. The number of hydrogen-bond acceptors (Lipinski definition) is 5. The molecule has 32 heavy (non-hydrogen) atoms. The van der Waals surface area contributed by atoms with E-state index in [2.05, 4.69) is 10.3 Å². The van der Waals surface area contributed by atoms with Crippen LogP contribution in [0.15, 0.2) is 48.8 Å². The van der Waals surface area contributed by atoms with Crippen molar-refractivity contribution in [2.24, 2.45) is 5.73 Å². The number of carbonyl (C=O) groups excluding carboxylic acids is 2. The van der Waals surface area contributed by atoms with Crippen LogP contribution >= 0.6 is 0 Å². The lowest BCUT2D eigenvalue weighted by Crippen LogP contribution is -2.36. The number of likely N-dealkylation sites (tertiary alicyclic amines) is 1. The van der Waals surface area contributed by atoms with Gasteiger partial charge in [-0.2, -0.15) is 0 Å². The Labute approximate surface area is 185 Å². The average Bonchev–Trinajstić information content (AvgIpc) is 3.23. The second-order valence-electron chi connectivity index (χ2n) is 7.74. The number of amides is 1. The van der Waals surface area contributed by atoms with E-state index < -0.39 is 5.92 Å². The molecule has 0 aliphatic carbocycles. The van der Waals surface area contributed by atoms with Crippen LogP contribution in [0.4, 0.5) is 8.78 Å². The second kappa shape index (κ2) is 10.4. The maximum atomic E-state index is 12.4. The highest BCUT2D eigenvalue weighted by Crippen LogP contribution is 2.26. The number of hydrogen-bond donors (Lipinski definition) is 2. The highest BCUT2D eigenvalue weighted by atomic mass is 19.3. The van der Waals surface area contributed by atoms with Gasteiger partial charge in [0, 0.05) is 73.6 Å². The second-order valence-corrected chi connectivity index (χ2v) is 7.74. The molecule has 1 fully saturated rings. The first-order valence-electron chi connectivity index (χ1n) is 10.4. The molecule has 7 nitrogen and oxygen atoms in total. The molecule has 1 aromatic carbocycles. The zero-order valence-corrected chi connectivity index (χ0v) is 17.9. The van der Waals surface area contributed by atoms with Crippen molar-refractivity contribution in [3.05, 3.63) is 59.9 Å². The highest BCUT2D eigenvalue weighted by molar-refractivity contribution is 5.95. The van der Waals surface area contributed by atoms with E-state index in [0.29, 0.717) is 37.3 Å². The van der Waals surface area contributed by atoms with Crippen molar-refractivity contribution in [1.82, 2.24) is 19.8 Å². The van der Waals surface area contributed by atoms with Crippen molar-refractivity contribution < 1.29 is 18.4 Å². The van der Waals surface area contributed by atoms with Crippen molar-refractivity contribution in [3.8, 4) is 5.69 Å². The summed E-state index contributed by atoms with van der Waals surface area (Å²) in [6, 6.07) is 10.9. The molecule has 0 bridgehead atoms. The number of carbonyl (C=O) groups is 2. The lowest BCUT2D eigenvalue weighted by molar-refractivity contribution is -0.0504. The predicted molar refractivity (Wildman–Crippen MR) is 120 cm³/mol. The van der Waals surface area contributed by atoms with E-state index in [1.165, 1.54) is 6.20 Å². The Hall–Kier alpha value is -3.17. The van der Waals surface area contributed by atoms with Gasteiger partial charge in [-0.15, -0.1) is 0 Å². The Morgan fingerprint density at radius 2 is 2.00 bits per heavy atom. The average molecular weight is 443 g/mol. The van der Waals surface area contributed by atoms with E-state index in [0.717, 1.165) is 23.0 Å². The minimum absolute atomic E-state index is 0.0312. The molecule has 0 atom stereocenters. The molecule has 0 spiro atoms. The fourth-order valence-corrected chi connectivity index (χ4v) is 3.34. The molecule has 3 aromatic rings. The van der Waals surface area contributed by atoms with Gasteiger partial charge < -0.3 is 20.5 Å². The number of piperidine rings is 1. The van der Waals surface area contributed by atoms with E-state index in [9.17, 15) is 18.4 Å². The van der Waals surface area contributed by atoms with Crippen LogP contribution in [0.5, 0.6) is 0 Å². The zero-order chi connectivity index (χ0) is 23.1. The number of rotatable bonds is 5. The van der Waals surface area contributed by atoms with Gasteiger partial charge in [0.05, 0.1) is 0 Å². The van der Waals surface area contributed by atoms with Gasteiger partial charge in [-0.25, -0.2) is 13.8 Å². The number of benzene rings is 1.